The van der Waals surface area contributed by atoms with Crippen molar-refractivity contribution < 1.29 is 13.9 Å². The number of fused-ring (bicyclic) bond motifs is 1. The van der Waals surface area contributed by atoms with E-state index in [-0.39, 0.29) is 12.0 Å². The van der Waals surface area contributed by atoms with Crippen LogP contribution in [0.1, 0.15) is 22.2 Å². The van der Waals surface area contributed by atoms with E-state index in [1.807, 2.05) is 41.1 Å². The van der Waals surface area contributed by atoms with Gasteiger partial charge in [-0.25, -0.2) is 0 Å². The number of methoxy groups -OCH3 is 1. The topological polar surface area (TPSA) is 51.5 Å². The summed E-state index contributed by atoms with van der Waals surface area (Å²) in [5, 5.41) is 7.58. The number of para-hydroxylation sites is 1. The Morgan fingerprint density at radius 3 is 2.95 bits per heavy atom. The minimum absolute atomic E-state index is 0.102. The van der Waals surface area contributed by atoms with Gasteiger partial charge in [0.1, 0.15) is 17.4 Å². The Hall–Kier alpha value is -2.11. The standard InChI is InChI=1S/C16H15NO3S/c1-19-15(9-17-16(18)12-6-7-21-10-12)14-8-11-4-2-3-5-13(11)20-14/h2-8,10,15H,9H2,1H3,(H,17,18)/t15-/m0/s1. The van der Waals surface area contributed by atoms with Crippen molar-refractivity contribution in [3.8, 4) is 0 Å². The molecule has 0 saturated heterocycles. The van der Waals surface area contributed by atoms with Gasteiger partial charge >= 0.3 is 0 Å². The summed E-state index contributed by atoms with van der Waals surface area (Å²) in [6.07, 6.45) is -0.306. The van der Waals surface area contributed by atoms with Crippen LogP contribution in [0.4, 0.5) is 0 Å². The number of amides is 1. The Morgan fingerprint density at radius 1 is 1.38 bits per heavy atom. The van der Waals surface area contributed by atoms with E-state index in [2.05, 4.69) is 5.32 Å². The monoisotopic (exact) mass is 301 g/mol. The molecule has 0 saturated carbocycles. The van der Waals surface area contributed by atoms with Crippen molar-refractivity contribution in [1.82, 2.24) is 5.32 Å². The van der Waals surface area contributed by atoms with Gasteiger partial charge in [0, 0.05) is 23.4 Å². The number of ether oxygens (including phenoxy) is 1. The number of furan rings is 1. The first kappa shape index (κ1) is 13.9. The number of thiophene rings is 1. The summed E-state index contributed by atoms with van der Waals surface area (Å²) in [5.74, 6) is 0.610. The molecule has 3 aromatic rings. The fourth-order valence-corrected chi connectivity index (χ4v) is 2.78. The van der Waals surface area contributed by atoms with Crippen LogP contribution in [0.2, 0.25) is 0 Å². The van der Waals surface area contributed by atoms with Gasteiger partial charge in [-0.05, 0) is 23.6 Å². The smallest absolute Gasteiger partial charge is 0.252 e. The minimum Gasteiger partial charge on any atom is -0.458 e. The Bertz CT molecular complexity index is 700. The number of benzene rings is 1. The minimum atomic E-state index is -0.306. The molecule has 0 aliphatic heterocycles. The number of carbonyl (C=O) groups is 1. The number of carbonyl (C=O) groups excluding carboxylic acids is 1. The zero-order valence-corrected chi connectivity index (χ0v) is 12.4. The molecule has 2 heterocycles. The highest BCUT2D eigenvalue weighted by molar-refractivity contribution is 7.08. The molecule has 0 bridgehead atoms. The Morgan fingerprint density at radius 2 is 2.24 bits per heavy atom. The summed E-state index contributed by atoms with van der Waals surface area (Å²) in [6.45, 7) is 0.366. The molecule has 0 aliphatic rings. The van der Waals surface area contributed by atoms with Crippen LogP contribution in [-0.4, -0.2) is 19.6 Å². The SMILES string of the molecule is CO[C@@H](CNC(=O)c1ccsc1)c1cc2ccccc2o1. The molecule has 1 aromatic carbocycles. The number of nitrogens with one attached hydrogen (secondary N) is 1. The van der Waals surface area contributed by atoms with Gasteiger partial charge in [0.05, 0.1) is 6.54 Å². The van der Waals surface area contributed by atoms with Crippen LogP contribution in [0.15, 0.2) is 51.6 Å². The van der Waals surface area contributed by atoms with Crippen molar-refractivity contribution in [3.05, 3.63) is 58.5 Å². The van der Waals surface area contributed by atoms with Gasteiger partial charge in [-0.3, -0.25) is 4.79 Å². The summed E-state index contributed by atoms with van der Waals surface area (Å²) in [4.78, 5) is 11.9. The van der Waals surface area contributed by atoms with Gasteiger partial charge < -0.3 is 14.5 Å². The van der Waals surface area contributed by atoms with Crippen LogP contribution >= 0.6 is 11.3 Å². The van der Waals surface area contributed by atoms with Crippen LogP contribution in [0.3, 0.4) is 0 Å². The van der Waals surface area contributed by atoms with Crippen molar-refractivity contribution in [2.24, 2.45) is 0 Å². The van der Waals surface area contributed by atoms with Crippen molar-refractivity contribution in [3.63, 3.8) is 0 Å². The van der Waals surface area contributed by atoms with E-state index in [0.717, 1.165) is 11.0 Å². The van der Waals surface area contributed by atoms with Crippen molar-refractivity contribution in [1.29, 1.82) is 0 Å². The highest BCUT2D eigenvalue weighted by Gasteiger charge is 2.17. The van der Waals surface area contributed by atoms with Crippen LogP contribution in [-0.2, 0) is 4.74 Å². The summed E-state index contributed by atoms with van der Waals surface area (Å²) >= 11 is 1.50. The summed E-state index contributed by atoms with van der Waals surface area (Å²) in [5.41, 5.74) is 1.48. The average Bonchev–Trinajstić information content (AvgIpc) is 3.17. The molecule has 1 amide bonds. The third-order valence-corrected chi connectivity index (χ3v) is 3.96. The second kappa shape index (κ2) is 6.11. The first-order valence-electron chi connectivity index (χ1n) is 6.59. The molecule has 108 valence electrons. The van der Waals surface area contributed by atoms with Crippen molar-refractivity contribution in [2.45, 2.75) is 6.10 Å². The fraction of sp³-hybridized carbons (Fsp3) is 0.188. The Balaban J connectivity index is 1.71. The lowest BCUT2D eigenvalue weighted by atomic mass is 10.2. The molecule has 5 heteroatoms. The summed E-state index contributed by atoms with van der Waals surface area (Å²) < 4.78 is 11.2. The van der Waals surface area contributed by atoms with Crippen LogP contribution < -0.4 is 5.32 Å². The summed E-state index contributed by atoms with van der Waals surface area (Å²) in [7, 11) is 1.61. The van der Waals surface area contributed by atoms with E-state index in [4.69, 9.17) is 9.15 Å². The molecular formula is C16H15NO3S. The molecule has 1 atom stereocenters. The number of rotatable bonds is 5. The highest BCUT2D eigenvalue weighted by atomic mass is 32.1. The average molecular weight is 301 g/mol. The van der Waals surface area contributed by atoms with E-state index in [0.29, 0.717) is 17.9 Å². The second-order valence-corrected chi connectivity index (χ2v) is 5.41. The zero-order chi connectivity index (χ0) is 14.7. The van der Waals surface area contributed by atoms with E-state index in [9.17, 15) is 4.79 Å². The van der Waals surface area contributed by atoms with E-state index in [1.54, 1.807) is 13.2 Å². The lowest BCUT2D eigenvalue weighted by Crippen LogP contribution is -2.28. The van der Waals surface area contributed by atoms with Crippen molar-refractivity contribution >= 4 is 28.2 Å². The molecule has 2 aromatic heterocycles. The predicted octanol–water partition coefficient (Wildman–Crippen LogP) is 3.61. The molecule has 0 fully saturated rings. The van der Waals surface area contributed by atoms with E-state index in [1.165, 1.54) is 11.3 Å². The van der Waals surface area contributed by atoms with Gasteiger partial charge in [0.15, 0.2) is 0 Å². The maximum absolute atomic E-state index is 11.9. The van der Waals surface area contributed by atoms with Gasteiger partial charge in [-0.2, -0.15) is 11.3 Å². The molecule has 0 unspecified atom stereocenters. The molecule has 0 radical (unpaired) electrons. The molecule has 0 aliphatic carbocycles. The van der Waals surface area contributed by atoms with Gasteiger partial charge in [0.2, 0.25) is 0 Å². The van der Waals surface area contributed by atoms with Crippen LogP contribution in [0.5, 0.6) is 0 Å². The van der Waals surface area contributed by atoms with Gasteiger partial charge in [-0.1, -0.05) is 18.2 Å². The first-order valence-corrected chi connectivity index (χ1v) is 7.54. The molecule has 4 nitrogen and oxygen atoms in total. The lowest BCUT2D eigenvalue weighted by molar-refractivity contribution is 0.0747. The Labute approximate surface area is 126 Å². The Kier molecular flexibility index (Phi) is 4.03. The lowest BCUT2D eigenvalue weighted by Gasteiger charge is -2.13. The first-order chi connectivity index (χ1) is 10.3. The largest absolute Gasteiger partial charge is 0.458 e. The van der Waals surface area contributed by atoms with Gasteiger partial charge in [0.25, 0.3) is 5.91 Å². The predicted molar refractivity (Wildman–Crippen MR) is 82.6 cm³/mol. The molecular weight excluding hydrogens is 286 g/mol. The second-order valence-electron chi connectivity index (χ2n) is 4.63. The van der Waals surface area contributed by atoms with Crippen LogP contribution in [0, 0.1) is 0 Å². The maximum Gasteiger partial charge on any atom is 0.252 e. The molecule has 3 rings (SSSR count). The normalized spacial score (nSPS) is 12.4. The van der Waals surface area contributed by atoms with E-state index >= 15 is 0 Å². The van der Waals surface area contributed by atoms with E-state index < -0.39 is 0 Å². The van der Waals surface area contributed by atoms with Crippen LogP contribution in [0.25, 0.3) is 11.0 Å². The third-order valence-electron chi connectivity index (χ3n) is 3.28. The summed E-state index contributed by atoms with van der Waals surface area (Å²) in [6, 6.07) is 11.5. The molecule has 0 spiro atoms. The van der Waals surface area contributed by atoms with Gasteiger partial charge in [-0.15, -0.1) is 0 Å². The number of hydrogen-bond acceptors (Lipinski definition) is 4. The molecule has 1 N–H and O–H groups in total. The zero-order valence-electron chi connectivity index (χ0n) is 11.5. The fourth-order valence-electron chi connectivity index (χ4n) is 2.14. The third kappa shape index (κ3) is 2.99. The number of hydrogen-bond donors (Lipinski definition) is 1. The highest BCUT2D eigenvalue weighted by Crippen LogP contribution is 2.25. The molecule has 21 heavy (non-hydrogen) atoms. The quantitative estimate of drug-likeness (QED) is 0.783. The van der Waals surface area contributed by atoms with Crippen molar-refractivity contribution in [2.75, 3.05) is 13.7 Å². The maximum atomic E-state index is 11.9.